The fourth-order valence-electron chi connectivity index (χ4n) is 2.03. The molecule has 0 radical (unpaired) electrons. The van der Waals surface area contributed by atoms with Gasteiger partial charge in [0.2, 0.25) is 0 Å². The molecular weight excluding hydrogens is 256 g/mol. The standard InChI is InChI=1S/C11H17BrN2O/c1-14-7-10(6-13-14)2-3-11(8-12)4-5-15-9-11/h6-7H,2-5,8-9H2,1H3. The highest BCUT2D eigenvalue weighted by Gasteiger charge is 2.33. The minimum absolute atomic E-state index is 0.357. The first kappa shape index (κ1) is 11.1. The summed E-state index contributed by atoms with van der Waals surface area (Å²) in [5, 5.41) is 5.23. The van der Waals surface area contributed by atoms with E-state index >= 15 is 0 Å². The van der Waals surface area contributed by atoms with E-state index in [1.165, 1.54) is 18.4 Å². The van der Waals surface area contributed by atoms with Gasteiger partial charge in [-0.3, -0.25) is 4.68 Å². The van der Waals surface area contributed by atoms with Crippen molar-refractivity contribution in [2.24, 2.45) is 12.5 Å². The number of hydrogen-bond donors (Lipinski definition) is 0. The van der Waals surface area contributed by atoms with Crippen molar-refractivity contribution in [3.05, 3.63) is 18.0 Å². The summed E-state index contributed by atoms with van der Waals surface area (Å²) in [6.07, 6.45) is 7.51. The molecule has 1 saturated heterocycles. The zero-order chi connectivity index (χ0) is 10.7. The molecule has 0 saturated carbocycles. The molecule has 4 heteroatoms. The highest BCUT2D eigenvalue weighted by atomic mass is 79.9. The number of ether oxygens (including phenoxy) is 1. The van der Waals surface area contributed by atoms with Crippen LogP contribution < -0.4 is 0 Å². The Morgan fingerprint density at radius 2 is 2.53 bits per heavy atom. The Balaban J connectivity index is 1.91. The van der Waals surface area contributed by atoms with Crippen LogP contribution in [-0.2, 0) is 18.2 Å². The van der Waals surface area contributed by atoms with Crippen LogP contribution in [0.2, 0.25) is 0 Å². The van der Waals surface area contributed by atoms with Gasteiger partial charge in [0.1, 0.15) is 0 Å². The molecule has 0 aliphatic carbocycles. The molecule has 84 valence electrons. The summed E-state index contributed by atoms with van der Waals surface area (Å²) in [4.78, 5) is 0. The first-order valence-corrected chi connectivity index (χ1v) is 6.47. The molecule has 1 aliphatic rings. The van der Waals surface area contributed by atoms with Crippen LogP contribution in [-0.4, -0.2) is 28.3 Å². The maximum atomic E-state index is 5.49. The normalized spacial score (nSPS) is 26.0. The van der Waals surface area contributed by atoms with E-state index in [2.05, 4.69) is 27.2 Å². The Morgan fingerprint density at radius 1 is 1.67 bits per heavy atom. The maximum absolute atomic E-state index is 5.49. The highest BCUT2D eigenvalue weighted by molar-refractivity contribution is 9.09. The lowest BCUT2D eigenvalue weighted by atomic mass is 9.84. The SMILES string of the molecule is Cn1cc(CCC2(CBr)CCOC2)cn1. The molecule has 0 spiro atoms. The van der Waals surface area contributed by atoms with Gasteiger partial charge in [0.05, 0.1) is 12.8 Å². The third-order valence-electron chi connectivity index (χ3n) is 3.17. The summed E-state index contributed by atoms with van der Waals surface area (Å²) >= 11 is 3.61. The number of nitrogens with zero attached hydrogens (tertiary/aromatic N) is 2. The summed E-state index contributed by atoms with van der Waals surface area (Å²) in [6, 6.07) is 0. The van der Waals surface area contributed by atoms with Crippen molar-refractivity contribution in [3.63, 3.8) is 0 Å². The molecule has 15 heavy (non-hydrogen) atoms. The van der Waals surface area contributed by atoms with E-state index in [0.29, 0.717) is 5.41 Å². The van der Waals surface area contributed by atoms with Gasteiger partial charge in [-0.15, -0.1) is 0 Å². The van der Waals surface area contributed by atoms with E-state index in [1.807, 2.05) is 17.9 Å². The number of hydrogen-bond acceptors (Lipinski definition) is 2. The third kappa shape index (κ3) is 2.61. The van der Waals surface area contributed by atoms with E-state index in [0.717, 1.165) is 25.0 Å². The average Bonchev–Trinajstić information content (AvgIpc) is 2.85. The molecule has 3 nitrogen and oxygen atoms in total. The summed E-state index contributed by atoms with van der Waals surface area (Å²) in [5.41, 5.74) is 1.68. The van der Waals surface area contributed by atoms with Crippen molar-refractivity contribution in [2.75, 3.05) is 18.5 Å². The Hall–Kier alpha value is -0.350. The van der Waals surface area contributed by atoms with Crippen LogP contribution in [0.15, 0.2) is 12.4 Å². The van der Waals surface area contributed by atoms with Gasteiger partial charge < -0.3 is 4.74 Å². The van der Waals surface area contributed by atoms with E-state index < -0.39 is 0 Å². The lowest BCUT2D eigenvalue weighted by molar-refractivity contribution is 0.158. The van der Waals surface area contributed by atoms with Crippen LogP contribution in [0.5, 0.6) is 0 Å². The molecule has 0 amide bonds. The predicted octanol–water partition coefficient (Wildman–Crippen LogP) is 2.15. The third-order valence-corrected chi connectivity index (χ3v) is 4.36. The summed E-state index contributed by atoms with van der Waals surface area (Å²) in [7, 11) is 1.96. The zero-order valence-corrected chi connectivity index (χ0v) is 10.7. The van der Waals surface area contributed by atoms with Gasteiger partial charge in [-0.2, -0.15) is 5.10 Å². The van der Waals surface area contributed by atoms with Gasteiger partial charge in [-0.25, -0.2) is 0 Å². The second-order valence-electron chi connectivity index (χ2n) is 4.46. The van der Waals surface area contributed by atoms with Crippen molar-refractivity contribution in [2.45, 2.75) is 19.3 Å². The monoisotopic (exact) mass is 272 g/mol. The van der Waals surface area contributed by atoms with Crippen LogP contribution >= 0.6 is 15.9 Å². The molecule has 0 N–H and O–H groups in total. The van der Waals surface area contributed by atoms with Crippen molar-refractivity contribution in [3.8, 4) is 0 Å². The lowest BCUT2D eigenvalue weighted by Gasteiger charge is -2.24. The van der Waals surface area contributed by atoms with Crippen molar-refractivity contribution >= 4 is 15.9 Å². The first-order chi connectivity index (χ1) is 7.24. The Morgan fingerprint density at radius 3 is 3.07 bits per heavy atom. The lowest BCUT2D eigenvalue weighted by Crippen LogP contribution is -2.23. The van der Waals surface area contributed by atoms with Crippen LogP contribution in [0.4, 0.5) is 0 Å². The molecule has 1 unspecified atom stereocenters. The molecule has 1 atom stereocenters. The zero-order valence-electron chi connectivity index (χ0n) is 9.08. The van der Waals surface area contributed by atoms with Crippen LogP contribution in [0.3, 0.4) is 0 Å². The van der Waals surface area contributed by atoms with E-state index in [4.69, 9.17) is 4.74 Å². The molecule has 0 bridgehead atoms. The van der Waals surface area contributed by atoms with Crippen LogP contribution in [0, 0.1) is 5.41 Å². The number of halogens is 1. The fourth-order valence-corrected chi connectivity index (χ4v) is 2.75. The van der Waals surface area contributed by atoms with Gasteiger partial charge in [0, 0.05) is 30.6 Å². The number of aryl methyl sites for hydroxylation is 2. The molecule has 1 aliphatic heterocycles. The molecule has 0 aromatic carbocycles. The van der Waals surface area contributed by atoms with E-state index in [-0.39, 0.29) is 0 Å². The molecule has 1 fully saturated rings. The van der Waals surface area contributed by atoms with Gasteiger partial charge in [-0.1, -0.05) is 15.9 Å². The number of rotatable bonds is 4. The van der Waals surface area contributed by atoms with Gasteiger partial charge in [-0.05, 0) is 24.8 Å². The fraction of sp³-hybridized carbons (Fsp3) is 0.727. The van der Waals surface area contributed by atoms with Crippen molar-refractivity contribution in [1.82, 2.24) is 9.78 Å². The second kappa shape index (κ2) is 4.66. The minimum atomic E-state index is 0.357. The average molecular weight is 273 g/mol. The Kier molecular flexibility index (Phi) is 3.46. The largest absolute Gasteiger partial charge is 0.381 e. The van der Waals surface area contributed by atoms with E-state index in [9.17, 15) is 0 Å². The molecular formula is C11H17BrN2O. The van der Waals surface area contributed by atoms with Gasteiger partial charge in [0.15, 0.2) is 0 Å². The van der Waals surface area contributed by atoms with Crippen LogP contribution in [0.1, 0.15) is 18.4 Å². The van der Waals surface area contributed by atoms with E-state index in [1.54, 1.807) is 0 Å². The molecule has 2 heterocycles. The maximum Gasteiger partial charge on any atom is 0.0531 e. The second-order valence-corrected chi connectivity index (χ2v) is 5.02. The number of alkyl halides is 1. The Bertz CT molecular complexity index is 318. The quantitative estimate of drug-likeness (QED) is 0.786. The van der Waals surface area contributed by atoms with Crippen molar-refractivity contribution in [1.29, 1.82) is 0 Å². The summed E-state index contributed by atoms with van der Waals surface area (Å²) in [6.45, 7) is 1.82. The molecule has 2 rings (SSSR count). The smallest absolute Gasteiger partial charge is 0.0531 e. The summed E-state index contributed by atoms with van der Waals surface area (Å²) in [5.74, 6) is 0. The number of aromatic nitrogens is 2. The van der Waals surface area contributed by atoms with Crippen molar-refractivity contribution < 1.29 is 4.74 Å². The first-order valence-electron chi connectivity index (χ1n) is 5.35. The Labute approximate surface area is 98.9 Å². The minimum Gasteiger partial charge on any atom is -0.381 e. The summed E-state index contributed by atoms with van der Waals surface area (Å²) < 4.78 is 7.36. The predicted molar refractivity (Wildman–Crippen MR) is 63.2 cm³/mol. The molecule has 1 aromatic rings. The van der Waals surface area contributed by atoms with Gasteiger partial charge >= 0.3 is 0 Å². The van der Waals surface area contributed by atoms with Crippen LogP contribution in [0.25, 0.3) is 0 Å². The molecule has 1 aromatic heterocycles. The van der Waals surface area contributed by atoms with Gasteiger partial charge in [0.25, 0.3) is 0 Å². The highest BCUT2D eigenvalue weighted by Crippen LogP contribution is 2.35. The topological polar surface area (TPSA) is 27.1 Å².